The van der Waals surface area contributed by atoms with Crippen molar-refractivity contribution in [2.75, 3.05) is 31.1 Å². The monoisotopic (exact) mass is 326 g/mol. The Morgan fingerprint density at radius 1 is 1.46 bits per heavy atom. The molecule has 0 saturated carbocycles. The molecular weight excluding hydrogens is 308 g/mol. The fourth-order valence-electron chi connectivity index (χ4n) is 2.80. The van der Waals surface area contributed by atoms with Crippen LogP contribution in [0.15, 0.2) is 30.9 Å². The summed E-state index contributed by atoms with van der Waals surface area (Å²) in [7, 11) is 0. The summed E-state index contributed by atoms with van der Waals surface area (Å²) in [6.45, 7) is 1.57. The average Bonchev–Trinajstić information content (AvgIpc) is 3.01. The molecule has 1 amide bonds. The highest BCUT2D eigenvalue weighted by Crippen LogP contribution is 2.18. The molecule has 24 heavy (non-hydrogen) atoms. The Morgan fingerprint density at radius 3 is 3.08 bits per heavy atom. The first-order chi connectivity index (χ1) is 11.7. The largest absolute Gasteiger partial charge is 0.389 e. The second kappa shape index (κ2) is 7.10. The van der Waals surface area contributed by atoms with Gasteiger partial charge in [0.15, 0.2) is 0 Å². The third-order valence-electron chi connectivity index (χ3n) is 3.96. The van der Waals surface area contributed by atoms with Crippen molar-refractivity contribution in [3.63, 3.8) is 0 Å². The number of nitriles is 1. The van der Waals surface area contributed by atoms with Gasteiger partial charge in [0, 0.05) is 44.3 Å². The van der Waals surface area contributed by atoms with Gasteiger partial charge in [0.25, 0.3) is 0 Å². The number of amides is 1. The first kappa shape index (κ1) is 16.0. The molecule has 0 spiro atoms. The van der Waals surface area contributed by atoms with Crippen molar-refractivity contribution in [2.24, 2.45) is 0 Å². The second-order valence-electron chi connectivity index (χ2n) is 5.68. The molecule has 2 N–H and O–H groups in total. The maximum atomic E-state index is 12.4. The lowest BCUT2D eigenvalue weighted by atomic mass is 10.2. The number of imidazole rings is 1. The van der Waals surface area contributed by atoms with Crippen LogP contribution in [0, 0.1) is 11.3 Å². The number of aromatic nitrogens is 3. The zero-order chi connectivity index (χ0) is 16.9. The number of aromatic amines is 1. The zero-order valence-corrected chi connectivity index (χ0v) is 13.1. The molecule has 8 nitrogen and oxygen atoms in total. The molecule has 3 heterocycles. The van der Waals surface area contributed by atoms with Crippen molar-refractivity contribution in [1.82, 2.24) is 19.9 Å². The minimum Gasteiger partial charge on any atom is -0.389 e. The predicted molar refractivity (Wildman–Crippen MR) is 86.0 cm³/mol. The Balaban J connectivity index is 1.71. The van der Waals surface area contributed by atoms with Crippen LogP contribution >= 0.6 is 0 Å². The lowest BCUT2D eigenvalue weighted by Gasteiger charge is -2.23. The Labute approximate surface area is 139 Å². The molecule has 1 aliphatic rings. The number of aliphatic hydroxyl groups excluding tert-OH is 1. The summed E-state index contributed by atoms with van der Waals surface area (Å²) in [5, 5.41) is 19.5. The van der Waals surface area contributed by atoms with Crippen LogP contribution < -0.4 is 4.90 Å². The minimum atomic E-state index is -0.702. The van der Waals surface area contributed by atoms with Crippen LogP contribution in [0.1, 0.15) is 11.3 Å². The van der Waals surface area contributed by atoms with E-state index in [0.717, 1.165) is 5.69 Å². The molecule has 2 aromatic heterocycles. The number of hydrogen-bond acceptors (Lipinski definition) is 6. The highest BCUT2D eigenvalue weighted by atomic mass is 16.3. The van der Waals surface area contributed by atoms with E-state index in [-0.39, 0.29) is 18.9 Å². The quantitative estimate of drug-likeness (QED) is 0.817. The van der Waals surface area contributed by atoms with Crippen LogP contribution in [0.3, 0.4) is 0 Å². The van der Waals surface area contributed by atoms with E-state index in [9.17, 15) is 15.2 Å². The van der Waals surface area contributed by atoms with Crippen molar-refractivity contribution >= 4 is 11.7 Å². The van der Waals surface area contributed by atoms with Gasteiger partial charge in [-0.3, -0.25) is 4.79 Å². The Morgan fingerprint density at radius 2 is 2.33 bits per heavy atom. The summed E-state index contributed by atoms with van der Waals surface area (Å²) >= 11 is 0. The number of hydrogen-bond donors (Lipinski definition) is 2. The Hall–Kier alpha value is -2.92. The van der Waals surface area contributed by atoms with Crippen molar-refractivity contribution in [1.29, 1.82) is 5.26 Å². The number of carbonyl (C=O) groups excluding carboxylic acids is 1. The molecule has 0 unspecified atom stereocenters. The molecule has 0 aliphatic carbocycles. The number of pyridine rings is 1. The molecular formula is C16H18N6O2. The first-order valence-corrected chi connectivity index (χ1v) is 7.70. The van der Waals surface area contributed by atoms with Gasteiger partial charge in [-0.2, -0.15) is 5.26 Å². The van der Waals surface area contributed by atoms with Crippen molar-refractivity contribution in [3.8, 4) is 6.07 Å². The fraction of sp³-hybridized carbons (Fsp3) is 0.375. The number of H-pyrrole nitrogens is 1. The van der Waals surface area contributed by atoms with Crippen LogP contribution in [0.25, 0.3) is 0 Å². The Bertz CT molecular complexity index is 739. The molecule has 1 atom stereocenters. The van der Waals surface area contributed by atoms with Gasteiger partial charge in [0.2, 0.25) is 5.91 Å². The molecule has 1 aliphatic heterocycles. The Kier molecular flexibility index (Phi) is 4.72. The van der Waals surface area contributed by atoms with E-state index >= 15 is 0 Å². The predicted octanol–water partition coefficient (Wildman–Crippen LogP) is -0.0714. The molecule has 3 rings (SSSR count). The van der Waals surface area contributed by atoms with Gasteiger partial charge in [-0.15, -0.1) is 0 Å². The molecule has 1 saturated heterocycles. The van der Waals surface area contributed by atoms with Gasteiger partial charge < -0.3 is 19.9 Å². The maximum absolute atomic E-state index is 12.4. The van der Waals surface area contributed by atoms with E-state index in [1.165, 1.54) is 6.33 Å². The van der Waals surface area contributed by atoms with Gasteiger partial charge in [-0.25, -0.2) is 9.97 Å². The van der Waals surface area contributed by atoms with E-state index in [2.05, 4.69) is 21.0 Å². The van der Waals surface area contributed by atoms with Crippen molar-refractivity contribution in [3.05, 3.63) is 42.1 Å². The smallest absolute Gasteiger partial charge is 0.228 e. The van der Waals surface area contributed by atoms with Crippen molar-refractivity contribution < 1.29 is 9.90 Å². The maximum Gasteiger partial charge on any atom is 0.228 e. The molecule has 8 heteroatoms. The molecule has 0 radical (unpaired) electrons. The SMILES string of the molecule is N#Cc1cccnc1N1CCN(C(=O)Cc2cnc[nH]2)C[C@@H](O)C1. The number of carbonyl (C=O) groups is 1. The standard InChI is InChI=1S/C16H18N6O2/c17-7-12-2-1-3-19-16(12)22-5-4-21(9-14(23)10-22)15(24)6-13-8-18-11-20-13/h1-3,8,11,14,23H,4-6,9-10H2,(H,18,20)/t14-/m1/s1. The molecule has 0 aromatic carbocycles. The van der Waals surface area contributed by atoms with E-state index in [1.54, 1.807) is 29.4 Å². The minimum absolute atomic E-state index is 0.0679. The van der Waals surface area contributed by atoms with E-state index in [0.29, 0.717) is 31.0 Å². The number of aliphatic hydroxyl groups is 1. The van der Waals surface area contributed by atoms with Gasteiger partial charge in [0.1, 0.15) is 11.9 Å². The second-order valence-corrected chi connectivity index (χ2v) is 5.68. The third-order valence-corrected chi connectivity index (χ3v) is 3.96. The van der Waals surface area contributed by atoms with Gasteiger partial charge in [0.05, 0.1) is 24.4 Å². The zero-order valence-electron chi connectivity index (χ0n) is 13.1. The number of nitrogens with one attached hydrogen (secondary N) is 1. The normalized spacial score (nSPS) is 18.1. The van der Waals surface area contributed by atoms with E-state index in [4.69, 9.17) is 0 Å². The third kappa shape index (κ3) is 3.52. The van der Waals surface area contributed by atoms with Gasteiger partial charge in [-0.1, -0.05) is 0 Å². The van der Waals surface area contributed by atoms with E-state index in [1.807, 2.05) is 4.90 Å². The average molecular weight is 326 g/mol. The fourth-order valence-corrected chi connectivity index (χ4v) is 2.80. The lowest BCUT2D eigenvalue weighted by Crippen LogP contribution is -2.38. The highest BCUT2D eigenvalue weighted by Gasteiger charge is 2.26. The molecule has 2 aromatic rings. The molecule has 124 valence electrons. The molecule has 1 fully saturated rings. The van der Waals surface area contributed by atoms with E-state index < -0.39 is 6.10 Å². The summed E-state index contributed by atoms with van der Waals surface area (Å²) in [5.41, 5.74) is 1.20. The summed E-state index contributed by atoms with van der Waals surface area (Å²) in [6, 6.07) is 5.51. The summed E-state index contributed by atoms with van der Waals surface area (Å²) in [4.78, 5) is 27.0. The highest BCUT2D eigenvalue weighted by molar-refractivity contribution is 5.78. The molecule has 0 bridgehead atoms. The number of rotatable bonds is 3. The first-order valence-electron chi connectivity index (χ1n) is 7.70. The summed E-state index contributed by atoms with van der Waals surface area (Å²) in [5.74, 6) is 0.476. The van der Waals surface area contributed by atoms with Crippen LogP contribution in [0.2, 0.25) is 0 Å². The summed E-state index contributed by atoms with van der Waals surface area (Å²) < 4.78 is 0. The van der Waals surface area contributed by atoms with Crippen LogP contribution in [0.5, 0.6) is 0 Å². The van der Waals surface area contributed by atoms with Crippen LogP contribution in [-0.2, 0) is 11.2 Å². The summed E-state index contributed by atoms with van der Waals surface area (Å²) in [6.07, 6.45) is 4.29. The number of β-amino-alcohol motifs (C(OH)–C–C–N with tert-alkyl or cyclic N) is 1. The lowest BCUT2D eigenvalue weighted by molar-refractivity contribution is -0.131. The van der Waals surface area contributed by atoms with Crippen LogP contribution in [-0.4, -0.2) is 63.1 Å². The van der Waals surface area contributed by atoms with Crippen LogP contribution in [0.4, 0.5) is 5.82 Å². The van der Waals surface area contributed by atoms with Crippen molar-refractivity contribution in [2.45, 2.75) is 12.5 Å². The number of anilines is 1. The van der Waals surface area contributed by atoms with Gasteiger partial charge >= 0.3 is 0 Å². The topological polar surface area (TPSA) is 109 Å². The van der Waals surface area contributed by atoms with Gasteiger partial charge in [-0.05, 0) is 12.1 Å². The number of nitrogens with zero attached hydrogens (tertiary/aromatic N) is 5.